The summed E-state index contributed by atoms with van der Waals surface area (Å²) in [6.07, 6.45) is 3.50. The van der Waals surface area contributed by atoms with E-state index in [9.17, 15) is 24.0 Å². The Morgan fingerprint density at radius 3 is 2.32 bits per heavy atom. The molecule has 0 spiro atoms. The molecule has 1 aliphatic heterocycles. The smallest absolute Gasteiger partial charge is 0.323 e. The first-order chi connectivity index (χ1) is 18.1. The minimum absolute atomic E-state index is 0.0629. The summed E-state index contributed by atoms with van der Waals surface area (Å²) in [7, 11) is 0. The van der Waals surface area contributed by atoms with Crippen LogP contribution in [0.2, 0.25) is 0 Å². The van der Waals surface area contributed by atoms with Crippen molar-refractivity contribution < 1.29 is 29.1 Å². The zero-order valence-corrected chi connectivity index (χ0v) is 21.4. The van der Waals surface area contributed by atoms with Crippen LogP contribution in [0.4, 0.5) is 0 Å². The number of nitrogen functional groups attached to an aromatic ring is 1. The number of carbonyl (C=O) groups is 5. The standard InChI is InChI=1S/C25H37N7O6/c26-11-3-1-2-6-20(33)29-12-4-5-19-25(38)31(16-22(35)36)13-14-32(19)21(34)15-30-24(37)18-9-7-17(8-10-18)23(27)28/h7-10,19H,1-6,11-16,26H2,(H3,27,28)(H,29,33)(H,30,37)(H,35,36)/t19-/m0/s1. The quantitative estimate of drug-likeness (QED) is 0.0959. The van der Waals surface area contributed by atoms with Gasteiger partial charge in [-0.1, -0.05) is 18.6 Å². The van der Waals surface area contributed by atoms with Crippen molar-refractivity contribution in [2.45, 2.75) is 44.6 Å². The predicted molar refractivity (Wildman–Crippen MR) is 139 cm³/mol. The van der Waals surface area contributed by atoms with Gasteiger partial charge in [0.1, 0.15) is 18.4 Å². The molecule has 2 rings (SSSR count). The molecule has 13 heteroatoms. The predicted octanol–water partition coefficient (Wildman–Crippen LogP) is -0.760. The second-order valence-electron chi connectivity index (χ2n) is 9.02. The summed E-state index contributed by atoms with van der Waals surface area (Å²) in [5.41, 5.74) is 11.6. The Morgan fingerprint density at radius 2 is 1.68 bits per heavy atom. The Kier molecular flexibility index (Phi) is 12.2. The normalized spacial score (nSPS) is 15.2. The average molecular weight is 532 g/mol. The van der Waals surface area contributed by atoms with E-state index in [4.69, 9.17) is 22.0 Å². The number of nitrogens with two attached hydrogens (primary N) is 2. The third-order valence-corrected chi connectivity index (χ3v) is 6.17. The van der Waals surface area contributed by atoms with Crippen molar-refractivity contribution in [1.29, 1.82) is 5.41 Å². The Balaban J connectivity index is 1.94. The zero-order valence-electron chi connectivity index (χ0n) is 21.4. The van der Waals surface area contributed by atoms with E-state index in [2.05, 4.69) is 10.6 Å². The van der Waals surface area contributed by atoms with Crippen molar-refractivity contribution in [2.75, 3.05) is 39.3 Å². The molecule has 1 aromatic rings. The van der Waals surface area contributed by atoms with Gasteiger partial charge in [-0.2, -0.15) is 0 Å². The molecule has 0 unspecified atom stereocenters. The van der Waals surface area contributed by atoms with Crippen LogP contribution < -0.4 is 22.1 Å². The lowest BCUT2D eigenvalue weighted by Crippen LogP contribution is -2.60. The van der Waals surface area contributed by atoms with Crippen molar-refractivity contribution in [2.24, 2.45) is 11.5 Å². The van der Waals surface area contributed by atoms with E-state index in [1.807, 2.05) is 0 Å². The highest BCUT2D eigenvalue weighted by molar-refractivity contribution is 5.99. The largest absolute Gasteiger partial charge is 0.480 e. The second kappa shape index (κ2) is 15.3. The topological polar surface area (TPSA) is 212 Å². The Labute approximate surface area is 221 Å². The van der Waals surface area contributed by atoms with Crippen LogP contribution in [0, 0.1) is 5.41 Å². The van der Waals surface area contributed by atoms with Gasteiger partial charge in [0.15, 0.2) is 0 Å². The molecular weight excluding hydrogens is 494 g/mol. The first-order valence-electron chi connectivity index (χ1n) is 12.6. The number of hydrogen-bond acceptors (Lipinski definition) is 7. The Bertz CT molecular complexity index is 1010. The maximum atomic E-state index is 13.0. The molecule has 0 radical (unpaired) electrons. The van der Waals surface area contributed by atoms with E-state index in [0.29, 0.717) is 31.5 Å². The molecule has 1 saturated heterocycles. The molecular formula is C25H37N7O6. The van der Waals surface area contributed by atoms with Gasteiger partial charge in [-0.05, 0) is 44.4 Å². The van der Waals surface area contributed by atoms with Crippen LogP contribution in [0.15, 0.2) is 24.3 Å². The van der Waals surface area contributed by atoms with E-state index >= 15 is 0 Å². The lowest BCUT2D eigenvalue weighted by Gasteiger charge is -2.40. The summed E-state index contributed by atoms with van der Waals surface area (Å²) in [6, 6.07) is 5.12. The number of hydrogen-bond donors (Lipinski definition) is 6. The number of carbonyl (C=O) groups excluding carboxylic acids is 4. The van der Waals surface area contributed by atoms with Gasteiger partial charge in [0.05, 0.1) is 6.54 Å². The highest BCUT2D eigenvalue weighted by Crippen LogP contribution is 2.17. The highest BCUT2D eigenvalue weighted by atomic mass is 16.4. The van der Waals surface area contributed by atoms with Crippen LogP contribution in [-0.4, -0.2) is 95.7 Å². The molecule has 0 aromatic heterocycles. The molecule has 1 atom stereocenters. The number of nitrogens with zero attached hydrogens (tertiary/aromatic N) is 2. The number of rotatable bonds is 15. The molecule has 13 nitrogen and oxygen atoms in total. The van der Waals surface area contributed by atoms with Gasteiger partial charge in [-0.25, -0.2) is 0 Å². The molecule has 0 bridgehead atoms. The summed E-state index contributed by atoms with van der Waals surface area (Å²) in [5.74, 6) is -2.84. The van der Waals surface area contributed by atoms with E-state index in [0.717, 1.165) is 19.3 Å². The summed E-state index contributed by atoms with van der Waals surface area (Å²) in [6.45, 7) is 0.266. The first-order valence-corrected chi connectivity index (χ1v) is 12.6. The molecule has 1 heterocycles. The first kappa shape index (κ1) is 30.2. The highest BCUT2D eigenvalue weighted by Gasteiger charge is 2.37. The van der Waals surface area contributed by atoms with E-state index in [1.165, 1.54) is 34.1 Å². The van der Waals surface area contributed by atoms with Gasteiger partial charge in [0.25, 0.3) is 5.91 Å². The number of aliphatic carboxylic acids is 1. The number of amides is 4. The van der Waals surface area contributed by atoms with Crippen LogP contribution in [0.25, 0.3) is 0 Å². The summed E-state index contributed by atoms with van der Waals surface area (Å²) in [4.78, 5) is 64.2. The Hall–Kier alpha value is -4.00. The minimum atomic E-state index is -1.15. The molecule has 208 valence electrons. The van der Waals surface area contributed by atoms with Crippen molar-refractivity contribution in [3.8, 4) is 0 Å². The van der Waals surface area contributed by atoms with Crippen LogP contribution in [-0.2, 0) is 19.2 Å². The number of carboxylic acid groups (broad SMARTS) is 1. The van der Waals surface area contributed by atoms with Gasteiger partial charge in [-0.3, -0.25) is 29.4 Å². The van der Waals surface area contributed by atoms with Crippen LogP contribution >= 0.6 is 0 Å². The molecule has 4 amide bonds. The fourth-order valence-electron chi connectivity index (χ4n) is 4.12. The summed E-state index contributed by atoms with van der Waals surface area (Å²) < 4.78 is 0. The van der Waals surface area contributed by atoms with E-state index < -0.39 is 36.3 Å². The number of amidine groups is 1. The number of benzene rings is 1. The van der Waals surface area contributed by atoms with Gasteiger partial charge in [0.2, 0.25) is 17.7 Å². The van der Waals surface area contributed by atoms with E-state index in [1.54, 1.807) is 0 Å². The summed E-state index contributed by atoms with van der Waals surface area (Å²) in [5, 5.41) is 21.9. The monoisotopic (exact) mass is 531 g/mol. The van der Waals surface area contributed by atoms with E-state index in [-0.39, 0.29) is 43.4 Å². The van der Waals surface area contributed by atoms with Gasteiger partial charge in [0, 0.05) is 37.2 Å². The maximum Gasteiger partial charge on any atom is 0.323 e. The number of unbranched alkanes of at least 4 members (excludes halogenated alkanes) is 2. The van der Waals surface area contributed by atoms with Gasteiger partial charge >= 0.3 is 5.97 Å². The van der Waals surface area contributed by atoms with Gasteiger partial charge in [-0.15, -0.1) is 0 Å². The van der Waals surface area contributed by atoms with Crippen molar-refractivity contribution in [3.63, 3.8) is 0 Å². The molecule has 1 aromatic carbocycles. The molecule has 1 aliphatic rings. The van der Waals surface area contributed by atoms with Crippen molar-refractivity contribution in [1.82, 2.24) is 20.4 Å². The summed E-state index contributed by atoms with van der Waals surface area (Å²) >= 11 is 0. The lowest BCUT2D eigenvalue weighted by molar-refractivity contribution is -0.155. The SMILES string of the molecule is N=C(N)c1ccc(C(=O)NCC(=O)N2CCN(CC(=O)O)C(=O)[C@@H]2CCCNC(=O)CCCCCN)cc1. The maximum absolute atomic E-state index is 13.0. The fraction of sp³-hybridized carbons (Fsp3) is 0.520. The molecule has 8 N–H and O–H groups in total. The number of nitrogens with one attached hydrogen (secondary N) is 3. The van der Waals surface area contributed by atoms with Crippen LogP contribution in [0.1, 0.15) is 54.4 Å². The minimum Gasteiger partial charge on any atom is -0.480 e. The van der Waals surface area contributed by atoms with Crippen LogP contribution in [0.3, 0.4) is 0 Å². The van der Waals surface area contributed by atoms with Gasteiger partial charge < -0.3 is 37.0 Å². The average Bonchev–Trinajstić information content (AvgIpc) is 2.89. The molecule has 0 saturated carbocycles. The Morgan fingerprint density at radius 1 is 1.00 bits per heavy atom. The van der Waals surface area contributed by atoms with Crippen molar-refractivity contribution in [3.05, 3.63) is 35.4 Å². The van der Waals surface area contributed by atoms with Crippen molar-refractivity contribution >= 4 is 35.4 Å². The third kappa shape index (κ3) is 9.47. The van der Waals surface area contributed by atoms with Crippen LogP contribution in [0.5, 0.6) is 0 Å². The number of carboxylic acids is 1. The lowest BCUT2D eigenvalue weighted by atomic mass is 10.0. The fourth-order valence-corrected chi connectivity index (χ4v) is 4.12. The molecule has 0 aliphatic carbocycles. The molecule has 1 fully saturated rings. The molecule has 38 heavy (non-hydrogen) atoms. The number of piperazine rings is 1. The second-order valence-corrected chi connectivity index (χ2v) is 9.02. The third-order valence-electron chi connectivity index (χ3n) is 6.17. The zero-order chi connectivity index (χ0) is 28.1.